The van der Waals surface area contributed by atoms with Crippen molar-refractivity contribution in [2.45, 2.75) is 18.9 Å². The molecule has 1 saturated heterocycles. The van der Waals surface area contributed by atoms with Gasteiger partial charge in [0, 0.05) is 24.5 Å². The molecule has 3 aromatic heterocycles. The van der Waals surface area contributed by atoms with Crippen molar-refractivity contribution in [1.29, 1.82) is 0 Å². The molecule has 1 aliphatic rings. The Labute approximate surface area is 155 Å². The Balaban J connectivity index is 1.33. The molecule has 7 heteroatoms. The van der Waals surface area contributed by atoms with Crippen molar-refractivity contribution in [3.63, 3.8) is 0 Å². The van der Waals surface area contributed by atoms with Gasteiger partial charge in [-0.15, -0.1) is 0 Å². The highest BCUT2D eigenvalue weighted by Crippen LogP contribution is 2.31. The number of carbonyl (C=O) groups excluding carboxylic acids is 1. The van der Waals surface area contributed by atoms with E-state index in [1.54, 1.807) is 12.4 Å². The summed E-state index contributed by atoms with van der Waals surface area (Å²) in [5, 5.41) is 4.46. The third kappa shape index (κ3) is 2.81. The Morgan fingerprint density at radius 3 is 2.81 bits per heavy atom. The number of fused-ring (bicyclic) bond motifs is 3. The van der Waals surface area contributed by atoms with E-state index in [2.05, 4.69) is 15.3 Å². The monoisotopic (exact) mass is 362 g/mol. The van der Waals surface area contributed by atoms with Crippen molar-refractivity contribution in [3.05, 3.63) is 54.7 Å². The summed E-state index contributed by atoms with van der Waals surface area (Å²) in [7, 11) is 0. The molecule has 0 unspecified atom stereocenters. The molecule has 0 spiro atoms. The largest absolute Gasteiger partial charge is 0.472 e. The van der Waals surface area contributed by atoms with Crippen LogP contribution in [0.2, 0.25) is 0 Å². The molecule has 0 aliphatic carbocycles. The topological polar surface area (TPSA) is 84.4 Å². The highest BCUT2D eigenvalue weighted by molar-refractivity contribution is 6.05. The minimum atomic E-state index is 0.0175. The fraction of sp³-hybridized carbons (Fsp3) is 0.250. The lowest BCUT2D eigenvalue weighted by atomic mass is 10.0. The number of piperidine rings is 1. The number of aromatic nitrogens is 2. The van der Waals surface area contributed by atoms with Crippen LogP contribution in [0.25, 0.3) is 22.1 Å². The third-order valence-corrected chi connectivity index (χ3v) is 5.05. The summed E-state index contributed by atoms with van der Waals surface area (Å²) in [6.45, 7) is 1.38. The van der Waals surface area contributed by atoms with Gasteiger partial charge < -0.3 is 19.1 Å². The van der Waals surface area contributed by atoms with Gasteiger partial charge in [0.15, 0.2) is 11.4 Å². The number of hydrogen-bond donors (Lipinski definition) is 1. The SMILES string of the molecule is O=C(c1ccoc1)N1CCC(Nc2ncnc3c2oc2ccccc23)CC1. The summed E-state index contributed by atoms with van der Waals surface area (Å²) >= 11 is 0. The van der Waals surface area contributed by atoms with Crippen molar-refractivity contribution in [3.8, 4) is 0 Å². The normalized spacial score (nSPS) is 15.5. The molecule has 0 bridgehead atoms. The molecule has 0 radical (unpaired) electrons. The maximum Gasteiger partial charge on any atom is 0.257 e. The molecular weight excluding hydrogens is 344 g/mol. The lowest BCUT2D eigenvalue weighted by Crippen LogP contribution is -2.42. The van der Waals surface area contributed by atoms with E-state index in [9.17, 15) is 4.79 Å². The molecule has 1 fully saturated rings. The van der Waals surface area contributed by atoms with Crippen LogP contribution in [0.4, 0.5) is 5.82 Å². The van der Waals surface area contributed by atoms with Crippen LogP contribution in [0.15, 0.2) is 58.0 Å². The average Bonchev–Trinajstić information content (AvgIpc) is 3.37. The van der Waals surface area contributed by atoms with E-state index in [4.69, 9.17) is 8.83 Å². The van der Waals surface area contributed by atoms with Crippen molar-refractivity contribution in [2.24, 2.45) is 0 Å². The maximum atomic E-state index is 12.4. The summed E-state index contributed by atoms with van der Waals surface area (Å²) in [5.74, 6) is 0.722. The number of furan rings is 2. The first-order valence-electron chi connectivity index (χ1n) is 9.00. The molecule has 1 aliphatic heterocycles. The second-order valence-corrected chi connectivity index (χ2v) is 6.72. The van der Waals surface area contributed by atoms with Gasteiger partial charge in [-0.2, -0.15) is 0 Å². The molecule has 1 amide bonds. The molecule has 4 heterocycles. The molecule has 136 valence electrons. The Morgan fingerprint density at radius 1 is 1.15 bits per heavy atom. The van der Waals surface area contributed by atoms with Crippen LogP contribution in [0.3, 0.4) is 0 Å². The summed E-state index contributed by atoms with van der Waals surface area (Å²) in [6.07, 6.45) is 6.26. The molecule has 1 N–H and O–H groups in total. The van der Waals surface area contributed by atoms with Crippen molar-refractivity contribution < 1.29 is 13.6 Å². The third-order valence-electron chi connectivity index (χ3n) is 5.05. The van der Waals surface area contributed by atoms with Crippen LogP contribution >= 0.6 is 0 Å². The van der Waals surface area contributed by atoms with Crippen LogP contribution in [0, 0.1) is 0 Å². The average molecular weight is 362 g/mol. The van der Waals surface area contributed by atoms with E-state index < -0.39 is 0 Å². The Hall–Kier alpha value is -3.35. The van der Waals surface area contributed by atoms with Crippen LogP contribution in [-0.2, 0) is 0 Å². The second kappa shape index (κ2) is 6.42. The summed E-state index contributed by atoms with van der Waals surface area (Å²) in [4.78, 5) is 23.0. The van der Waals surface area contributed by atoms with Gasteiger partial charge >= 0.3 is 0 Å². The van der Waals surface area contributed by atoms with Gasteiger partial charge in [0.2, 0.25) is 0 Å². The molecule has 7 nitrogen and oxygen atoms in total. The van der Waals surface area contributed by atoms with Crippen LogP contribution in [0.5, 0.6) is 0 Å². The van der Waals surface area contributed by atoms with Gasteiger partial charge in [0.25, 0.3) is 5.91 Å². The standard InChI is InChI=1S/C20H18N4O3/c25-20(13-7-10-26-11-13)24-8-5-14(6-9-24)23-19-18-17(21-12-22-19)15-3-1-2-4-16(15)27-18/h1-4,7,10-12,14H,5-6,8-9H2,(H,21,22,23). The van der Waals surface area contributed by atoms with Crippen molar-refractivity contribution >= 4 is 33.8 Å². The number of nitrogens with zero attached hydrogens (tertiary/aromatic N) is 3. The van der Waals surface area contributed by atoms with Gasteiger partial charge in [-0.05, 0) is 31.0 Å². The number of para-hydroxylation sites is 1. The van der Waals surface area contributed by atoms with Gasteiger partial charge in [0.1, 0.15) is 23.7 Å². The number of anilines is 1. The van der Waals surface area contributed by atoms with Crippen molar-refractivity contribution in [1.82, 2.24) is 14.9 Å². The lowest BCUT2D eigenvalue weighted by Gasteiger charge is -2.32. The van der Waals surface area contributed by atoms with E-state index in [0.717, 1.165) is 29.3 Å². The number of benzene rings is 1. The molecule has 4 aromatic rings. The van der Waals surface area contributed by atoms with Gasteiger partial charge in [0.05, 0.1) is 11.8 Å². The van der Waals surface area contributed by atoms with Gasteiger partial charge in [-0.3, -0.25) is 4.79 Å². The fourth-order valence-electron chi connectivity index (χ4n) is 3.62. The molecule has 0 atom stereocenters. The first-order valence-corrected chi connectivity index (χ1v) is 9.00. The Kier molecular flexibility index (Phi) is 3.78. The van der Waals surface area contributed by atoms with E-state index in [0.29, 0.717) is 30.1 Å². The van der Waals surface area contributed by atoms with Crippen LogP contribution in [-0.4, -0.2) is 39.9 Å². The number of hydrogen-bond acceptors (Lipinski definition) is 6. The number of likely N-dealkylation sites (tertiary alicyclic amines) is 1. The zero-order valence-electron chi connectivity index (χ0n) is 14.6. The zero-order valence-corrected chi connectivity index (χ0v) is 14.6. The van der Waals surface area contributed by atoms with Crippen LogP contribution < -0.4 is 5.32 Å². The Bertz CT molecular complexity index is 1100. The van der Waals surface area contributed by atoms with E-state index in [-0.39, 0.29) is 11.9 Å². The molecule has 0 saturated carbocycles. The summed E-state index contributed by atoms with van der Waals surface area (Å²) in [5.41, 5.74) is 2.89. The predicted molar refractivity (Wildman–Crippen MR) is 101 cm³/mol. The van der Waals surface area contributed by atoms with E-state index in [1.807, 2.05) is 29.2 Å². The highest BCUT2D eigenvalue weighted by atomic mass is 16.3. The zero-order chi connectivity index (χ0) is 18.2. The first kappa shape index (κ1) is 15.9. The number of rotatable bonds is 3. The summed E-state index contributed by atoms with van der Waals surface area (Å²) < 4.78 is 11.0. The first-order chi connectivity index (χ1) is 13.3. The van der Waals surface area contributed by atoms with Gasteiger partial charge in [-0.25, -0.2) is 9.97 Å². The molecule has 27 heavy (non-hydrogen) atoms. The molecule has 5 rings (SSSR count). The fourth-order valence-corrected chi connectivity index (χ4v) is 3.62. The van der Waals surface area contributed by atoms with Crippen LogP contribution in [0.1, 0.15) is 23.2 Å². The predicted octanol–water partition coefficient (Wildman–Crippen LogP) is 3.69. The minimum Gasteiger partial charge on any atom is -0.472 e. The maximum absolute atomic E-state index is 12.4. The van der Waals surface area contributed by atoms with E-state index in [1.165, 1.54) is 12.5 Å². The number of amides is 1. The van der Waals surface area contributed by atoms with Gasteiger partial charge in [-0.1, -0.05) is 12.1 Å². The smallest absolute Gasteiger partial charge is 0.257 e. The lowest BCUT2D eigenvalue weighted by molar-refractivity contribution is 0.0717. The van der Waals surface area contributed by atoms with E-state index >= 15 is 0 Å². The summed E-state index contributed by atoms with van der Waals surface area (Å²) in [6, 6.07) is 9.77. The number of carbonyl (C=O) groups is 1. The minimum absolute atomic E-state index is 0.0175. The molecular formula is C20H18N4O3. The quantitative estimate of drug-likeness (QED) is 0.598. The molecule has 1 aromatic carbocycles. The number of nitrogens with one attached hydrogen (secondary N) is 1. The van der Waals surface area contributed by atoms with Crippen molar-refractivity contribution in [2.75, 3.05) is 18.4 Å². The second-order valence-electron chi connectivity index (χ2n) is 6.72. The highest BCUT2D eigenvalue weighted by Gasteiger charge is 2.25. The Morgan fingerprint density at radius 2 is 2.00 bits per heavy atom.